The van der Waals surface area contributed by atoms with Gasteiger partial charge < -0.3 is 50.2 Å². The van der Waals surface area contributed by atoms with E-state index in [4.69, 9.17) is 34.9 Å². The summed E-state index contributed by atoms with van der Waals surface area (Å²) < 4.78 is 22.7. The molecule has 32 heavy (non-hydrogen) atoms. The van der Waals surface area contributed by atoms with Crippen molar-refractivity contribution in [1.82, 2.24) is 0 Å². The molecule has 0 bridgehead atoms. The maximum atomic E-state index is 9.96. The smallest absolute Gasteiger partial charge is 0.183 e. The first-order chi connectivity index (χ1) is 15.5. The number of hydrogen-bond acceptors (Lipinski definition) is 10. The first-order valence-electron chi connectivity index (χ1n) is 11.7. The quantitative estimate of drug-likeness (QED) is 0.340. The fourth-order valence-electron chi connectivity index (χ4n) is 3.60. The van der Waals surface area contributed by atoms with E-state index in [1.165, 1.54) is 0 Å². The van der Waals surface area contributed by atoms with Gasteiger partial charge in [-0.3, -0.25) is 0 Å². The predicted molar refractivity (Wildman–Crippen MR) is 122 cm³/mol. The number of aliphatic hydroxyl groups is 5. The van der Waals surface area contributed by atoms with Crippen LogP contribution in [-0.4, -0.2) is 102 Å². The molecule has 7 N–H and O–H groups in total. The van der Waals surface area contributed by atoms with Crippen LogP contribution in [0.1, 0.15) is 66.2 Å². The third-order valence-corrected chi connectivity index (χ3v) is 4.86. The molecule has 8 unspecified atom stereocenters. The molecule has 3 aliphatic rings. The fraction of sp³-hybridized carbons (Fsp3) is 1.00. The van der Waals surface area contributed by atoms with Gasteiger partial charge in [0.1, 0.15) is 6.10 Å². The molecule has 0 radical (unpaired) electrons. The van der Waals surface area contributed by atoms with Crippen LogP contribution in [0.25, 0.3) is 0 Å². The Morgan fingerprint density at radius 3 is 1.59 bits per heavy atom. The number of rotatable bonds is 4. The van der Waals surface area contributed by atoms with Gasteiger partial charge in [-0.15, -0.1) is 0 Å². The summed E-state index contributed by atoms with van der Waals surface area (Å²) in [7, 11) is 2.00. The molecule has 196 valence electrons. The van der Waals surface area contributed by atoms with Crippen LogP contribution in [0, 0.1) is 0 Å². The predicted octanol–water partition coefficient (Wildman–Crippen LogP) is 0.503. The molecule has 0 spiro atoms. The number of nitrogens with two attached hydrogens (primary N) is 1. The van der Waals surface area contributed by atoms with E-state index in [0.717, 1.165) is 33.5 Å². The maximum absolute atomic E-state index is 9.96. The third kappa shape index (κ3) is 12.7. The minimum Gasteiger partial charge on any atom is -0.400 e. The Morgan fingerprint density at radius 2 is 1.12 bits per heavy atom. The zero-order valence-corrected chi connectivity index (χ0v) is 20.7. The second-order valence-corrected chi connectivity index (χ2v) is 7.10. The lowest BCUT2D eigenvalue weighted by Gasteiger charge is -2.38. The lowest BCUT2D eigenvalue weighted by molar-refractivity contribution is -0.266. The number of hydrogen-bond donors (Lipinski definition) is 6. The number of aliphatic hydroxyl groups excluding tert-OH is 5. The highest BCUT2D eigenvalue weighted by molar-refractivity contribution is 4.81. The zero-order valence-electron chi connectivity index (χ0n) is 20.7. The minimum atomic E-state index is -0.813. The highest BCUT2D eigenvalue weighted by atomic mass is 16.7. The van der Waals surface area contributed by atoms with Gasteiger partial charge in [0.15, 0.2) is 12.6 Å². The summed E-state index contributed by atoms with van der Waals surface area (Å²) in [4.78, 5) is 0. The van der Waals surface area contributed by atoms with Crippen molar-refractivity contribution in [3.63, 3.8) is 0 Å². The first-order valence-corrected chi connectivity index (χ1v) is 11.7. The van der Waals surface area contributed by atoms with E-state index in [9.17, 15) is 15.3 Å². The molecule has 10 nitrogen and oxygen atoms in total. The van der Waals surface area contributed by atoms with Crippen LogP contribution in [0.15, 0.2) is 0 Å². The Bertz CT molecular complexity index is 372. The molecular formula is C22H49NO9. The van der Waals surface area contributed by atoms with Crippen LogP contribution in [0.2, 0.25) is 0 Å². The largest absolute Gasteiger partial charge is 0.400 e. The van der Waals surface area contributed by atoms with Gasteiger partial charge in [0.05, 0.1) is 43.7 Å². The maximum Gasteiger partial charge on any atom is 0.183 e. The summed E-state index contributed by atoms with van der Waals surface area (Å²) in [6, 6.07) is -0.333. The van der Waals surface area contributed by atoms with Crippen LogP contribution in [0.3, 0.4) is 0 Å². The fourth-order valence-corrected chi connectivity index (χ4v) is 3.60. The molecule has 0 aromatic carbocycles. The second kappa shape index (κ2) is 21.2. The Labute approximate surface area is 193 Å². The van der Waals surface area contributed by atoms with Crippen molar-refractivity contribution in [3.05, 3.63) is 0 Å². The molecule has 10 heteroatoms. The van der Waals surface area contributed by atoms with Crippen LogP contribution >= 0.6 is 0 Å². The van der Waals surface area contributed by atoms with E-state index in [-0.39, 0.29) is 37.9 Å². The molecule has 1 aliphatic carbocycles. The summed E-state index contributed by atoms with van der Waals surface area (Å²) in [5.41, 5.74) is 5.98. The van der Waals surface area contributed by atoms with E-state index in [1.807, 2.05) is 27.7 Å². The summed E-state index contributed by atoms with van der Waals surface area (Å²) >= 11 is 0. The molecule has 1 saturated carbocycles. The van der Waals surface area contributed by atoms with Gasteiger partial charge in [0, 0.05) is 27.1 Å². The second-order valence-electron chi connectivity index (χ2n) is 7.10. The molecule has 0 amide bonds. The zero-order chi connectivity index (χ0) is 25.1. The van der Waals surface area contributed by atoms with Gasteiger partial charge in [-0.25, -0.2) is 0 Å². The van der Waals surface area contributed by atoms with Gasteiger partial charge in [-0.2, -0.15) is 0 Å². The standard InChI is InChI=1S/C16H29NO7.2C2H6.2CH4O/c17-13-4-9(18)7-21-15(13)23-11-2-1-3-12(6-11)24-16-14(20)5-10(19)8-22-16;4*1-2/h9-16,18-20H,1-8,17H2;2*1-2H3;2*2H,1H3. The molecule has 2 aliphatic heterocycles. The van der Waals surface area contributed by atoms with Gasteiger partial charge in [-0.05, 0) is 25.7 Å². The van der Waals surface area contributed by atoms with Crippen molar-refractivity contribution in [3.8, 4) is 0 Å². The van der Waals surface area contributed by atoms with Crippen molar-refractivity contribution in [1.29, 1.82) is 0 Å². The highest BCUT2D eigenvalue weighted by Gasteiger charge is 2.36. The van der Waals surface area contributed by atoms with Crippen LogP contribution in [0.4, 0.5) is 0 Å². The molecule has 2 saturated heterocycles. The molecule has 0 aromatic rings. The number of ether oxygens (including phenoxy) is 4. The van der Waals surface area contributed by atoms with Crippen molar-refractivity contribution < 1.29 is 44.5 Å². The van der Waals surface area contributed by atoms with E-state index in [1.54, 1.807) is 0 Å². The van der Waals surface area contributed by atoms with Crippen molar-refractivity contribution in [2.45, 2.75) is 115 Å². The lowest BCUT2D eigenvalue weighted by Crippen LogP contribution is -2.50. The highest BCUT2D eigenvalue weighted by Crippen LogP contribution is 2.29. The van der Waals surface area contributed by atoms with Crippen molar-refractivity contribution in [2.24, 2.45) is 5.73 Å². The topological polar surface area (TPSA) is 164 Å². The molecule has 3 rings (SSSR count). The van der Waals surface area contributed by atoms with Gasteiger partial charge in [0.25, 0.3) is 0 Å². The van der Waals surface area contributed by atoms with E-state index in [0.29, 0.717) is 12.8 Å². The van der Waals surface area contributed by atoms with Crippen LogP contribution < -0.4 is 5.73 Å². The molecule has 3 fully saturated rings. The molecule has 0 aromatic heterocycles. The normalized spacial score (nSPS) is 36.4. The summed E-state index contributed by atoms with van der Waals surface area (Å²) in [6.07, 6.45) is 0.904. The Kier molecular flexibility index (Phi) is 22.3. The molecular weight excluding hydrogens is 422 g/mol. The van der Waals surface area contributed by atoms with E-state index >= 15 is 0 Å². The van der Waals surface area contributed by atoms with Crippen molar-refractivity contribution in [2.75, 3.05) is 27.4 Å². The Balaban J connectivity index is 0. The Hall–Kier alpha value is -0.400. The minimum absolute atomic E-state index is 0.0265. The molecule has 2 heterocycles. The average molecular weight is 472 g/mol. The van der Waals surface area contributed by atoms with Gasteiger partial charge >= 0.3 is 0 Å². The van der Waals surface area contributed by atoms with Crippen LogP contribution in [0.5, 0.6) is 0 Å². The van der Waals surface area contributed by atoms with Crippen molar-refractivity contribution >= 4 is 0 Å². The lowest BCUT2D eigenvalue weighted by atomic mass is 9.94. The first kappa shape index (κ1) is 33.8. The summed E-state index contributed by atoms with van der Waals surface area (Å²) in [6.45, 7) is 8.43. The van der Waals surface area contributed by atoms with Crippen LogP contribution in [-0.2, 0) is 18.9 Å². The van der Waals surface area contributed by atoms with E-state index in [2.05, 4.69) is 0 Å². The van der Waals surface area contributed by atoms with Gasteiger partial charge in [0.2, 0.25) is 0 Å². The van der Waals surface area contributed by atoms with E-state index < -0.39 is 30.9 Å². The average Bonchev–Trinajstić information content (AvgIpc) is 2.83. The summed E-state index contributed by atoms with van der Waals surface area (Å²) in [5, 5.41) is 43.0. The van der Waals surface area contributed by atoms with Gasteiger partial charge in [-0.1, -0.05) is 27.7 Å². The third-order valence-electron chi connectivity index (χ3n) is 4.86. The monoisotopic (exact) mass is 471 g/mol. The molecule has 8 atom stereocenters. The SMILES string of the molecule is CC.CC.CO.CO.NC1CC(O)COC1OC1CCCC(OC2OCC(O)CC2O)C1. The summed E-state index contributed by atoms with van der Waals surface area (Å²) in [5.74, 6) is 0. The Morgan fingerprint density at radius 1 is 0.688 bits per heavy atom.